The van der Waals surface area contributed by atoms with E-state index in [4.69, 9.17) is 0 Å². The van der Waals surface area contributed by atoms with Gasteiger partial charge in [-0.15, -0.1) is 0 Å². The molecule has 0 radical (unpaired) electrons. The molecule has 0 atom stereocenters. The van der Waals surface area contributed by atoms with E-state index in [1.54, 1.807) is 0 Å². The van der Waals surface area contributed by atoms with Gasteiger partial charge in [0.15, 0.2) is 0 Å². The molecule has 0 rings (SSSR count). The minimum atomic E-state index is 1.08. The third-order valence-corrected chi connectivity index (χ3v) is 2.00. The summed E-state index contributed by atoms with van der Waals surface area (Å²) in [5.74, 6) is 0. The van der Waals surface area contributed by atoms with E-state index in [0.717, 1.165) is 26.2 Å². The fourth-order valence-corrected chi connectivity index (χ4v) is 1.21. The number of rotatable bonds is 9. The summed E-state index contributed by atoms with van der Waals surface area (Å²) in [4.78, 5) is 2.27. The fourth-order valence-electron chi connectivity index (χ4n) is 1.21. The average molecular weight is 185 g/mol. The molecule has 0 aromatic rings. The van der Waals surface area contributed by atoms with Crippen LogP contribution in [0.4, 0.5) is 0 Å². The quantitative estimate of drug-likeness (QED) is 0.517. The molecule has 0 heterocycles. The second kappa shape index (κ2) is 9.55. The van der Waals surface area contributed by atoms with Crippen molar-refractivity contribution in [3.63, 3.8) is 0 Å². The van der Waals surface area contributed by atoms with Crippen molar-refractivity contribution in [1.29, 1.82) is 0 Å². The second-order valence-electron chi connectivity index (χ2n) is 3.13. The molecule has 0 bridgehead atoms. The minimum absolute atomic E-state index is 1.08. The topological polar surface area (TPSA) is 27.3 Å². The maximum atomic E-state index is 3.80. The van der Waals surface area contributed by atoms with Crippen LogP contribution in [0.5, 0.6) is 0 Å². The summed E-state index contributed by atoms with van der Waals surface area (Å²) >= 11 is 0. The van der Waals surface area contributed by atoms with Crippen LogP contribution in [0, 0.1) is 0 Å². The third kappa shape index (κ3) is 7.81. The maximum absolute atomic E-state index is 3.80. The molecule has 0 saturated heterocycles. The lowest BCUT2D eigenvalue weighted by molar-refractivity contribution is 0.361. The molecule has 0 aromatic carbocycles. The van der Waals surface area contributed by atoms with Crippen LogP contribution in [0.25, 0.3) is 0 Å². The van der Waals surface area contributed by atoms with Gasteiger partial charge in [-0.3, -0.25) is 0 Å². The van der Waals surface area contributed by atoms with Crippen LogP contribution in [0.2, 0.25) is 0 Å². The van der Waals surface area contributed by atoms with E-state index in [2.05, 4.69) is 22.1 Å². The van der Waals surface area contributed by atoms with Crippen molar-refractivity contribution in [2.45, 2.75) is 12.8 Å². The van der Waals surface area contributed by atoms with Crippen LogP contribution in [-0.4, -0.2) is 45.2 Å². The summed E-state index contributed by atoms with van der Waals surface area (Å²) in [6.07, 6.45) is 4.30. The van der Waals surface area contributed by atoms with Gasteiger partial charge in [-0.05, 0) is 46.2 Å². The van der Waals surface area contributed by atoms with Crippen molar-refractivity contribution >= 4 is 0 Å². The largest absolute Gasteiger partial charge is 0.378 e. The predicted octanol–water partition coefficient (Wildman–Crippen LogP) is 0.651. The molecule has 0 aromatic heterocycles. The molecule has 0 aliphatic rings. The van der Waals surface area contributed by atoms with Gasteiger partial charge in [-0.25, -0.2) is 0 Å². The van der Waals surface area contributed by atoms with Crippen molar-refractivity contribution in [2.75, 3.05) is 40.3 Å². The molecule has 0 saturated carbocycles. The van der Waals surface area contributed by atoms with E-state index < -0.39 is 0 Å². The zero-order valence-corrected chi connectivity index (χ0v) is 8.97. The molecule has 2 N–H and O–H groups in total. The Balaban J connectivity index is 3.34. The summed E-state index contributed by atoms with van der Waals surface area (Å²) in [6, 6.07) is 0. The summed E-state index contributed by atoms with van der Waals surface area (Å²) in [5.41, 5.74) is 0. The van der Waals surface area contributed by atoms with Gasteiger partial charge in [-0.1, -0.05) is 6.58 Å². The van der Waals surface area contributed by atoms with Gasteiger partial charge in [0.05, 0.1) is 0 Å². The van der Waals surface area contributed by atoms with Crippen LogP contribution in [0.3, 0.4) is 0 Å². The van der Waals surface area contributed by atoms with Gasteiger partial charge in [0.2, 0.25) is 0 Å². The first kappa shape index (κ1) is 12.5. The first-order valence-electron chi connectivity index (χ1n) is 5.01. The molecular weight excluding hydrogens is 162 g/mol. The Labute approximate surface area is 82.2 Å². The van der Waals surface area contributed by atoms with Crippen LogP contribution < -0.4 is 10.6 Å². The number of nitrogens with zero attached hydrogens (tertiary/aromatic N) is 1. The molecule has 0 amide bonds. The third-order valence-electron chi connectivity index (χ3n) is 2.00. The first-order chi connectivity index (χ1) is 6.35. The van der Waals surface area contributed by atoms with Crippen LogP contribution >= 0.6 is 0 Å². The van der Waals surface area contributed by atoms with Crippen LogP contribution in [0.15, 0.2) is 12.8 Å². The molecule has 0 spiro atoms. The van der Waals surface area contributed by atoms with Gasteiger partial charge < -0.3 is 15.5 Å². The molecule has 0 fully saturated rings. The van der Waals surface area contributed by atoms with Gasteiger partial charge in [0.25, 0.3) is 0 Å². The van der Waals surface area contributed by atoms with Gasteiger partial charge >= 0.3 is 0 Å². The lowest BCUT2D eigenvalue weighted by Gasteiger charge is -2.19. The number of hydrogen-bond donors (Lipinski definition) is 2. The lowest BCUT2D eigenvalue weighted by atomic mass is 10.3. The van der Waals surface area contributed by atoms with Crippen molar-refractivity contribution in [1.82, 2.24) is 15.5 Å². The lowest BCUT2D eigenvalue weighted by Crippen LogP contribution is -2.24. The highest BCUT2D eigenvalue weighted by atomic mass is 15.1. The Kier molecular flexibility index (Phi) is 9.15. The smallest absolute Gasteiger partial charge is 0.0184 e. The Hall–Kier alpha value is -0.540. The molecule has 0 aliphatic heterocycles. The monoisotopic (exact) mass is 185 g/mol. The molecule has 3 nitrogen and oxygen atoms in total. The van der Waals surface area contributed by atoms with Gasteiger partial charge in [0, 0.05) is 13.1 Å². The van der Waals surface area contributed by atoms with Crippen molar-refractivity contribution in [3.8, 4) is 0 Å². The normalized spacial score (nSPS) is 10.0. The highest BCUT2D eigenvalue weighted by Crippen LogP contribution is 1.93. The van der Waals surface area contributed by atoms with Crippen molar-refractivity contribution in [2.24, 2.45) is 0 Å². The molecular formula is C10H23N3. The Morgan fingerprint density at radius 2 is 1.54 bits per heavy atom. The average Bonchev–Trinajstić information content (AvgIpc) is 2.16. The molecule has 3 heteroatoms. The van der Waals surface area contributed by atoms with Gasteiger partial charge in [0.1, 0.15) is 0 Å². The van der Waals surface area contributed by atoms with E-state index in [0.29, 0.717) is 0 Å². The first-order valence-corrected chi connectivity index (χ1v) is 5.01. The van der Waals surface area contributed by atoms with E-state index in [9.17, 15) is 0 Å². The van der Waals surface area contributed by atoms with Crippen molar-refractivity contribution < 1.29 is 0 Å². The molecule has 0 aliphatic carbocycles. The predicted molar refractivity (Wildman–Crippen MR) is 58.9 cm³/mol. The highest BCUT2D eigenvalue weighted by Gasteiger charge is 1.96. The zero-order chi connectivity index (χ0) is 9.94. The highest BCUT2D eigenvalue weighted by molar-refractivity contribution is 4.71. The maximum Gasteiger partial charge on any atom is 0.0184 e. The molecule has 78 valence electrons. The Morgan fingerprint density at radius 3 is 1.85 bits per heavy atom. The summed E-state index contributed by atoms with van der Waals surface area (Å²) in [6.45, 7) is 8.17. The number of nitrogens with one attached hydrogen (secondary N) is 2. The van der Waals surface area contributed by atoms with E-state index in [-0.39, 0.29) is 0 Å². The van der Waals surface area contributed by atoms with E-state index in [1.165, 1.54) is 12.8 Å². The Morgan fingerprint density at radius 1 is 1.08 bits per heavy atom. The minimum Gasteiger partial charge on any atom is -0.378 e. The van der Waals surface area contributed by atoms with Crippen LogP contribution in [0.1, 0.15) is 12.8 Å². The standard InChI is InChI=1S/C10H23N3/c1-4-13(9-5-7-11-2)10-6-8-12-3/h4,11-12H,1,5-10H2,2-3H3. The second-order valence-corrected chi connectivity index (χ2v) is 3.13. The number of hydrogen-bond acceptors (Lipinski definition) is 3. The SMILES string of the molecule is C=CN(CCCNC)CCCNC. The summed E-state index contributed by atoms with van der Waals surface area (Å²) < 4.78 is 0. The Bertz CT molecular complexity index is 105. The van der Waals surface area contributed by atoms with Crippen LogP contribution in [-0.2, 0) is 0 Å². The molecule has 0 unspecified atom stereocenters. The fraction of sp³-hybridized carbons (Fsp3) is 0.800. The summed E-state index contributed by atoms with van der Waals surface area (Å²) in [5, 5.41) is 6.28. The zero-order valence-electron chi connectivity index (χ0n) is 8.97. The molecule has 13 heavy (non-hydrogen) atoms. The summed E-state index contributed by atoms with van der Waals surface area (Å²) in [7, 11) is 3.97. The van der Waals surface area contributed by atoms with Gasteiger partial charge in [-0.2, -0.15) is 0 Å². The van der Waals surface area contributed by atoms with Crippen molar-refractivity contribution in [3.05, 3.63) is 12.8 Å². The van der Waals surface area contributed by atoms with E-state index >= 15 is 0 Å². The van der Waals surface area contributed by atoms with E-state index in [1.807, 2.05) is 20.3 Å².